The first-order chi connectivity index (χ1) is 9.67. The number of non-ortho nitro benzene ring substituents is 1. The van der Waals surface area contributed by atoms with Crippen LogP contribution in [0.4, 0.5) is 16.2 Å². The number of benzene rings is 1. The summed E-state index contributed by atoms with van der Waals surface area (Å²) in [6.07, 6.45) is 0. The number of ether oxygens (including phenoxy) is 1. The summed E-state index contributed by atoms with van der Waals surface area (Å²) in [4.78, 5) is 32.7. The normalized spacial score (nSPS) is 10.6. The predicted octanol–water partition coefficient (Wildman–Crippen LogP) is 1.59. The highest BCUT2D eigenvalue weighted by Crippen LogP contribution is 2.28. The summed E-state index contributed by atoms with van der Waals surface area (Å²) in [5.74, 6) is -1.11. The summed E-state index contributed by atoms with van der Waals surface area (Å²) in [6.45, 7) is 2.64. The number of carboxylic acid groups (broad SMARTS) is 1. The van der Waals surface area contributed by atoms with Crippen LogP contribution in [0.3, 0.4) is 0 Å². The van der Waals surface area contributed by atoms with Crippen LogP contribution in [-0.4, -0.2) is 34.7 Å². The second-order valence-corrected chi connectivity index (χ2v) is 4.65. The largest absolute Gasteiger partial charge is 0.494 e. The Balaban J connectivity index is 2.90. The maximum atomic E-state index is 11.7. The van der Waals surface area contributed by atoms with Gasteiger partial charge in [0.2, 0.25) is 0 Å². The number of methoxy groups -OCH3 is 1. The molecule has 0 unspecified atom stereocenters. The Hall–Kier alpha value is -2.84. The zero-order valence-corrected chi connectivity index (χ0v) is 11.7. The number of nitro groups is 1. The van der Waals surface area contributed by atoms with E-state index in [1.807, 2.05) is 0 Å². The van der Waals surface area contributed by atoms with Gasteiger partial charge in [0.05, 0.1) is 23.8 Å². The molecule has 0 fully saturated rings. The van der Waals surface area contributed by atoms with Gasteiger partial charge in [-0.2, -0.15) is 0 Å². The zero-order chi connectivity index (χ0) is 16.2. The molecule has 0 heterocycles. The third-order valence-corrected chi connectivity index (χ3v) is 2.60. The molecule has 0 atom stereocenters. The molecule has 0 saturated heterocycles. The molecule has 0 aliphatic rings. The van der Waals surface area contributed by atoms with E-state index in [2.05, 4.69) is 10.6 Å². The van der Waals surface area contributed by atoms with Crippen LogP contribution in [0, 0.1) is 10.1 Å². The van der Waals surface area contributed by atoms with Crippen molar-refractivity contribution in [1.82, 2.24) is 5.32 Å². The van der Waals surface area contributed by atoms with Gasteiger partial charge in [0.15, 0.2) is 0 Å². The van der Waals surface area contributed by atoms with Crippen molar-refractivity contribution < 1.29 is 24.4 Å². The van der Waals surface area contributed by atoms with Crippen LogP contribution >= 0.6 is 0 Å². The third-order valence-electron chi connectivity index (χ3n) is 2.60. The van der Waals surface area contributed by atoms with Gasteiger partial charge in [0.1, 0.15) is 11.3 Å². The van der Waals surface area contributed by atoms with Gasteiger partial charge in [0, 0.05) is 6.07 Å². The van der Waals surface area contributed by atoms with E-state index in [0.29, 0.717) is 0 Å². The Kier molecular flexibility index (Phi) is 4.69. The molecular formula is C12H15N3O6. The van der Waals surface area contributed by atoms with Gasteiger partial charge in [-0.1, -0.05) is 0 Å². The number of rotatable bonds is 5. The zero-order valence-electron chi connectivity index (χ0n) is 11.7. The van der Waals surface area contributed by atoms with E-state index >= 15 is 0 Å². The number of urea groups is 1. The number of hydrogen-bond donors (Lipinski definition) is 3. The van der Waals surface area contributed by atoms with Gasteiger partial charge in [-0.05, 0) is 19.9 Å². The minimum Gasteiger partial charge on any atom is -0.494 e. The van der Waals surface area contributed by atoms with Crippen molar-refractivity contribution in [3.63, 3.8) is 0 Å². The lowest BCUT2D eigenvalue weighted by molar-refractivity contribution is -0.384. The summed E-state index contributed by atoms with van der Waals surface area (Å²) in [5.41, 5.74) is -1.47. The van der Waals surface area contributed by atoms with Crippen molar-refractivity contribution >= 4 is 23.4 Å². The van der Waals surface area contributed by atoms with Crippen molar-refractivity contribution in [3.8, 4) is 5.75 Å². The summed E-state index contributed by atoms with van der Waals surface area (Å²) >= 11 is 0. The van der Waals surface area contributed by atoms with Crippen LogP contribution in [0.1, 0.15) is 13.8 Å². The molecule has 9 heteroatoms. The average molecular weight is 297 g/mol. The molecule has 0 aromatic heterocycles. The molecule has 1 aromatic carbocycles. The van der Waals surface area contributed by atoms with E-state index in [0.717, 1.165) is 6.07 Å². The van der Waals surface area contributed by atoms with Gasteiger partial charge >= 0.3 is 12.0 Å². The van der Waals surface area contributed by atoms with E-state index in [1.165, 1.54) is 33.1 Å². The number of carbonyl (C=O) groups excluding carboxylic acids is 1. The van der Waals surface area contributed by atoms with Crippen LogP contribution in [0.2, 0.25) is 0 Å². The van der Waals surface area contributed by atoms with Crippen molar-refractivity contribution in [2.24, 2.45) is 0 Å². The lowest BCUT2D eigenvalue weighted by Gasteiger charge is -2.21. The molecule has 2 amide bonds. The SMILES string of the molecule is COc1cc([N+](=O)[O-])ccc1NC(=O)NC(C)(C)C(=O)O. The van der Waals surface area contributed by atoms with Gasteiger partial charge in [-0.3, -0.25) is 10.1 Å². The number of nitrogens with zero attached hydrogens (tertiary/aromatic N) is 1. The molecule has 0 aliphatic heterocycles. The molecule has 114 valence electrons. The number of carboxylic acids is 1. The van der Waals surface area contributed by atoms with Gasteiger partial charge in [-0.25, -0.2) is 9.59 Å². The molecule has 0 bridgehead atoms. The number of anilines is 1. The first-order valence-electron chi connectivity index (χ1n) is 5.82. The van der Waals surface area contributed by atoms with E-state index in [9.17, 15) is 19.7 Å². The van der Waals surface area contributed by atoms with E-state index in [-0.39, 0.29) is 17.1 Å². The Bertz CT molecular complexity index is 584. The van der Waals surface area contributed by atoms with Crippen molar-refractivity contribution in [2.75, 3.05) is 12.4 Å². The molecular weight excluding hydrogens is 282 g/mol. The molecule has 3 N–H and O–H groups in total. The fraction of sp³-hybridized carbons (Fsp3) is 0.333. The van der Waals surface area contributed by atoms with E-state index in [4.69, 9.17) is 9.84 Å². The van der Waals surface area contributed by atoms with Crippen LogP contribution in [0.25, 0.3) is 0 Å². The highest BCUT2D eigenvalue weighted by atomic mass is 16.6. The Labute approximate surface area is 120 Å². The van der Waals surface area contributed by atoms with Gasteiger partial charge < -0.3 is 20.5 Å². The molecule has 0 aliphatic carbocycles. The minimum atomic E-state index is -1.46. The van der Waals surface area contributed by atoms with E-state index < -0.39 is 22.5 Å². The molecule has 0 radical (unpaired) electrons. The fourth-order valence-electron chi connectivity index (χ4n) is 1.39. The lowest BCUT2D eigenvalue weighted by Crippen LogP contribution is -2.51. The van der Waals surface area contributed by atoms with Crippen LogP contribution < -0.4 is 15.4 Å². The van der Waals surface area contributed by atoms with Crippen molar-refractivity contribution in [2.45, 2.75) is 19.4 Å². The van der Waals surface area contributed by atoms with Crippen molar-refractivity contribution in [1.29, 1.82) is 0 Å². The fourth-order valence-corrected chi connectivity index (χ4v) is 1.39. The maximum absolute atomic E-state index is 11.7. The molecule has 0 spiro atoms. The summed E-state index contributed by atoms with van der Waals surface area (Å²) < 4.78 is 4.95. The number of nitrogens with one attached hydrogen (secondary N) is 2. The second kappa shape index (κ2) is 6.07. The van der Waals surface area contributed by atoms with E-state index in [1.54, 1.807) is 0 Å². The van der Waals surface area contributed by atoms with Gasteiger partial charge in [-0.15, -0.1) is 0 Å². The minimum absolute atomic E-state index is 0.0903. The highest BCUT2D eigenvalue weighted by molar-refractivity contribution is 5.94. The Morgan fingerprint density at radius 3 is 2.48 bits per heavy atom. The van der Waals surface area contributed by atoms with Crippen LogP contribution in [-0.2, 0) is 4.79 Å². The van der Waals surface area contributed by atoms with Crippen molar-refractivity contribution in [3.05, 3.63) is 28.3 Å². The summed E-state index contributed by atoms with van der Waals surface area (Å²) in [6, 6.07) is 2.87. The first-order valence-corrected chi connectivity index (χ1v) is 5.82. The number of amides is 2. The summed E-state index contributed by atoms with van der Waals surface area (Å²) in [5, 5.41) is 24.2. The number of carbonyl (C=O) groups is 2. The first kappa shape index (κ1) is 16.2. The maximum Gasteiger partial charge on any atom is 0.328 e. The number of hydrogen-bond acceptors (Lipinski definition) is 5. The topological polar surface area (TPSA) is 131 Å². The number of nitro benzene ring substituents is 1. The predicted molar refractivity (Wildman–Crippen MR) is 73.5 cm³/mol. The molecule has 9 nitrogen and oxygen atoms in total. The van der Waals surface area contributed by atoms with Crippen LogP contribution in [0.5, 0.6) is 5.75 Å². The Morgan fingerprint density at radius 1 is 1.38 bits per heavy atom. The van der Waals surface area contributed by atoms with Gasteiger partial charge in [0.25, 0.3) is 5.69 Å². The standard InChI is InChI=1S/C12H15N3O6/c1-12(2,10(16)17)14-11(18)13-8-5-4-7(15(19)20)6-9(8)21-3/h4-6H,1-3H3,(H,16,17)(H2,13,14,18). The molecule has 1 rings (SSSR count). The third kappa shape index (κ3) is 4.06. The summed E-state index contributed by atoms with van der Waals surface area (Å²) in [7, 11) is 1.29. The smallest absolute Gasteiger partial charge is 0.328 e. The molecule has 1 aromatic rings. The Morgan fingerprint density at radius 2 is 2.00 bits per heavy atom. The quantitative estimate of drug-likeness (QED) is 0.558. The van der Waals surface area contributed by atoms with Crippen LogP contribution in [0.15, 0.2) is 18.2 Å². The molecule has 21 heavy (non-hydrogen) atoms. The average Bonchev–Trinajstić information content (AvgIpc) is 2.37. The molecule has 0 saturated carbocycles. The lowest BCUT2D eigenvalue weighted by atomic mass is 10.1. The second-order valence-electron chi connectivity index (χ2n) is 4.65. The number of aliphatic carboxylic acids is 1. The highest BCUT2D eigenvalue weighted by Gasteiger charge is 2.29. The monoisotopic (exact) mass is 297 g/mol.